The van der Waals surface area contributed by atoms with Gasteiger partial charge in [-0.25, -0.2) is 4.79 Å². The van der Waals surface area contributed by atoms with Gasteiger partial charge in [0.15, 0.2) is 0 Å². The van der Waals surface area contributed by atoms with Crippen molar-refractivity contribution in [1.82, 2.24) is 14.9 Å². The highest BCUT2D eigenvalue weighted by Gasteiger charge is 2.42. The van der Waals surface area contributed by atoms with E-state index in [1.807, 2.05) is 24.3 Å². The molecular formula is C29H33N5O4. The van der Waals surface area contributed by atoms with Crippen molar-refractivity contribution in [3.63, 3.8) is 0 Å². The van der Waals surface area contributed by atoms with Gasteiger partial charge < -0.3 is 10.0 Å². The van der Waals surface area contributed by atoms with Gasteiger partial charge in [0, 0.05) is 55.3 Å². The SMILES string of the molecule is CN(C(=O)C(c1cccnc1)N(C(=O)[C@H]1CCCN1C(=O)O)c1ccc(C(C)(C)C)cc1)c1ccncc1. The average Bonchev–Trinajstić information content (AvgIpc) is 3.42. The van der Waals surface area contributed by atoms with E-state index in [-0.39, 0.29) is 17.9 Å². The summed E-state index contributed by atoms with van der Waals surface area (Å²) in [4.78, 5) is 52.7. The molecule has 0 spiro atoms. The maximum atomic E-state index is 14.2. The minimum atomic E-state index is -1.15. The number of carbonyl (C=O) groups excluding carboxylic acids is 2. The van der Waals surface area contributed by atoms with Crippen molar-refractivity contribution in [2.24, 2.45) is 0 Å². The predicted molar refractivity (Wildman–Crippen MR) is 145 cm³/mol. The van der Waals surface area contributed by atoms with Crippen LogP contribution in [-0.4, -0.2) is 57.5 Å². The number of likely N-dealkylation sites (N-methyl/N-ethyl adjacent to an activating group) is 1. The Kier molecular flexibility index (Phi) is 7.75. The van der Waals surface area contributed by atoms with Gasteiger partial charge in [0.05, 0.1) is 0 Å². The van der Waals surface area contributed by atoms with Gasteiger partial charge in [0.2, 0.25) is 0 Å². The first-order valence-corrected chi connectivity index (χ1v) is 12.6. The maximum absolute atomic E-state index is 14.2. The van der Waals surface area contributed by atoms with Gasteiger partial charge in [0.25, 0.3) is 11.8 Å². The Hall–Kier alpha value is -4.27. The van der Waals surface area contributed by atoms with Crippen LogP contribution in [0.5, 0.6) is 0 Å². The molecule has 1 N–H and O–H groups in total. The lowest BCUT2D eigenvalue weighted by molar-refractivity contribution is -0.127. The fourth-order valence-corrected chi connectivity index (χ4v) is 4.76. The van der Waals surface area contributed by atoms with E-state index in [0.717, 1.165) is 10.5 Å². The first kappa shape index (κ1) is 26.8. The molecule has 2 atom stereocenters. The Balaban J connectivity index is 1.86. The summed E-state index contributed by atoms with van der Waals surface area (Å²) < 4.78 is 0. The van der Waals surface area contributed by atoms with Crippen molar-refractivity contribution < 1.29 is 19.5 Å². The third-order valence-electron chi connectivity index (χ3n) is 6.91. The lowest BCUT2D eigenvalue weighted by Crippen LogP contribution is -2.52. The minimum absolute atomic E-state index is 0.112. The molecule has 1 unspecified atom stereocenters. The molecule has 3 aromatic rings. The second kappa shape index (κ2) is 11.0. The van der Waals surface area contributed by atoms with E-state index in [2.05, 4.69) is 30.7 Å². The molecule has 1 aliphatic rings. The highest BCUT2D eigenvalue weighted by Crippen LogP contribution is 2.34. The van der Waals surface area contributed by atoms with Crippen LogP contribution in [0.1, 0.15) is 50.8 Å². The second-order valence-electron chi connectivity index (χ2n) is 10.4. The summed E-state index contributed by atoms with van der Waals surface area (Å²) in [6.07, 6.45) is 6.16. The molecule has 9 nitrogen and oxygen atoms in total. The Labute approximate surface area is 222 Å². The summed E-state index contributed by atoms with van der Waals surface area (Å²) in [6.45, 7) is 6.56. The maximum Gasteiger partial charge on any atom is 0.407 e. The van der Waals surface area contributed by atoms with Gasteiger partial charge in [-0.3, -0.25) is 29.4 Å². The van der Waals surface area contributed by atoms with Gasteiger partial charge in [-0.2, -0.15) is 0 Å². The number of nitrogens with zero attached hydrogens (tertiary/aromatic N) is 5. The number of anilines is 2. The standard InChI is InChI=1S/C29H33N5O4/c1-29(2,3)21-9-11-23(12-10-21)34(26(35)24-8-6-18-33(24)28(37)38)25(20-7-5-15-31-19-20)27(36)32(4)22-13-16-30-17-14-22/h5,7,9-17,19,24-25H,6,8,18H2,1-4H3,(H,37,38)/t24-,25?/m1/s1. The molecule has 38 heavy (non-hydrogen) atoms. The van der Waals surface area contributed by atoms with Crippen molar-refractivity contribution >= 4 is 29.3 Å². The van der Waals surface area contributed by atoms with E-state index in [0.29, 0.717) is 29.8 Å². The summed E-state index contributed by atoms with van der Waals surface area (Å²) in [6, 6.07) is 12.4. The van der Waals surface area contributed by atoms with E-state index in [4.69, 9.17) is 0 Å². The molecule has 4 rings (SSSR count). The van der Waals surface area contributed by atoms with Crippen LogP contribution in [0.3, 0.4) is 0 Å². The molecule has 1 aromatic carbocycles. The molecular weight excluding hydrogens is 482 g/mol. The normalized spacial score (nSPS) is 16.1. The number of amides is 3. The van der Waals surface area contributed by atoms with Gasteiger partial charge in [-0.1, -0.05) is 39.0 Å². The number of aromatic nitrogens is 2. The summed E-state index contributed by atoms with van der Waals surface area (Å²) >= 11 is 0. The lowest BCUT2D eigenvalue weighted by Gasteiger charge is -2.36. The van der Waals surface area contributed by atoms with Gasteiger partial charge in [0.1, 0.15) is 12.1 Å². The Morgan fingerprint density at radius 1 is 0.974 bits per heavy atom. The third kappa shape index (κ3) is 5.51. The first-order valence-electron chi connectivity index (χ1n) is 12.6. The number of pyridine rings is 2. The van der Waals surface area contributed by atoms with Crippen LogP contribution in [0.2, 0.25) is 0 Å². The van der Waals surface area contributed by atoms with Gasteiger partial charge in [-0.15, -0.1) is 0 Å². The van der Waals surface area contributed by atoms with Gasteiger partial charge >= 0.3 is 6.09 Å². The summed E-state index contributed by atoms with van der Waals surface area (Å²) in [5, 5.41) is 9.78. The van der Waals surface area contributed by atoms with Crippen molar-refractivity contribution in [2.75, 3.05) is 23.4 Å². The number of benzene rings is 1. The Morgan fingerprint density at radius 2 is 1.66 bits per heavy atom. The number of likely N-dealkylation sites (tertiary alicyclic amines) is 1. The molecule has 3 amide bonds. The van der Waals surface area contributed by atoms with Gasteiger partial charge in [-0.05, 0) is 54.2 Å². The Bertz CT molecular complexity index is 1280. The highest BCUT2D eigenvalue weighted by atomic mass is 16.4. The molecule has 0 radical (unpaired) electrons. The van der Waals surface area contributed by atoms with E-state index in [9.17, 15) is 19.5 Å². The first-order chi connectivity index (χ1) is 18.1. The summed E-state index contributed by atoms with van der Waals surface area (Å²) in [5.74, 6) is -0.809. The van der Waals surface area contributed by atoms with Crippen molar-refractivity contribution in [2.45, 2.75) is 51.1 Å². The molecule has 0 bridgehead atoms. The monoisotopic (exact) mass is 515 g/mol. The second-order valence-corrected chi connectivity index (χ2v) is 10.4. The Morgan fingerprint density at radius 3 is 2.24 bits per heavy atom. The van der Waals surface area contributed by atoms with Crippen LogP contribution in [-0.2, 0) is 15.0 Å². The number of rotatable bonds is 6. The number of carboxylic acid groups (broad SMARTS) is 1. The zero-order valence-electron chi connectivity index (χ0n) is 22.1. The van der Waals surface area contributed by atoms with Crippen LogP contribution < -0.4 is 9.80 Å². The fraction of sp³-hybridized carbons (Fsp3) is 0.345. The van der Waals surface area contributed by atoms with Crippen LogP contribution >= 0.6 is 0 Å². The summed E-state index contributed by atoms with van der Waals surface area (Å²) in [7, 11) is 1.64. The minimum Gasteiger partial charge on any atom is -0.465 e. The van der Waals surface area contributed by atoms with E-state index < -0.39 is 24.1 Å². The van der Waals surface area contributed by atoms with Crippen molar-refractivity contribution in [3.05, 3.63) is 84.4 Å². The average molecular weight is 516 g/mol. The zero-order valence-corrected chi connectivity index (χ0v) is 22.1. The highest BCUT2D eigenvalue weighted by molar-refractivity contribution is 6.08. The van der Waals surface area contributed by atoms with Crippen LogP contribution in [0.4, 0.5) is 16.2 Å². The van der Waals surface area contributed by atoms with Crippen LogP contribution in [0.15, 0.2) is 73.3 Å². The molecule has 1 aliphatic heterocycles. The third-order valence-corrected chi connectivity index (χ3v) is 6.91. The quantitative estimate of drug-likeness (QED) is 0.512. The molecule has 0 aliphatic carbocycles. The summed E-state index contributed by atoms with van der Waals surface area (Å²) in [5.41, 5.74) is 2.60. The predicted octanol–water partition coefficient (Wildman–Crippen LogP) is 4.65. The van der Waals surface area contributed by atoms with E-state index in [1.165, 1.54) is 9.80 Å². The van der Waals surface area contributed by atoms with Crippen molar-refractivity contribution in [3.8, 4) is 0 Å². The van der Waals surface area contributed by atoms with E-state index in [1.54, 1.807) is 56.1 Å². The molecule has 1 saturated heterocycles. The molecule has 3 heterocycles. The number of carbonyl (C=O) groups is 3. The number of hydrogen-bond donors (Lipinski definition) is 1. The smallest absolute Gasteiger partial charge is 0.407 e. The zero-order chi connectivity index (χ0) is 27.4. The number of hydrogen-bond acceptors (Lipinski definition) is 5. The largest absolute Gasteiger partial charge is 0.465 e. The van der Waals surface area contributed by atoms with Crippen LogP contribution in [0, 0.1) is 0 Å². The molecule has 1 fully saturated rings. The topological polar surface area (TPSA) is 107 Å². The van der Waals surface area contributed by atoms with E-state index >= 15 is 0 Å². The molecule has 9 heteroatoms. The fourth-order valence-electron chi connectivity index (χ4n) is 4.76. The van der Waals surface area contributed by atoms with Crippen LogP contribution in [0.25, 0.3) is 0 Å². The molecule has 2 aromatic heterocycles. The lowest BCUT2D eigenvalue weighted by atomic mass is 9.87. The van der Waals surface area contributed by atoms with Crippen molar-refractivity contribution in [1.29, 1.82) is 0 Å². The molecule has 198 valence electrons. The molecule has 0 saturated carbocycles.